The van der Waals surface area contributed by atoms with Crippen LogP contribution in [-0.4, -0.2) is 17.6 Å². The van der Waals surface area contributed by atoms with E-state index in [-0.39, 0.29) is 29.6 Å². The Hall–Kier alpha value is -1.21. The second-order valence-corrected chi connectivity index (χ2v) is 2.32. The average molecular weight is 238 g/mol. The van der Waals surface area contributed by atoms with E-state index in [1.165, 1.54) is 12.3 Å². The van der Waals surface area contributed by atoms with E-state index in [1.807, 2.05) is 0 Å². The number of carbonyl (C=O) groups is 1. The molecule has 0 radical (unpaired) electrons. The molecule has 8 N–H and O–H groups in total. The third kappa shape index (κ3) is 7.83. The van der Waals surface area contributed by atoms with Gasteiger partial charge in [0.2, 0.25) is 0 Å². The van der Waals surface area contributed by atoms with Gasteiger partial charge in [-0.25, -0.2) is 0 Å². The van der Waals surface area contributed by atoms with Gasteiger partial charge in [0, 0.05) is 6.20 Å². The van der Waals surface area contributed by atoms with E-state index in [4.69, 9.17) is 16.7 Å². The molecule has 0 saturated heterocycles. The van der Waals surface area contributed by atoms with Crippen LogP contribution in [0.5, 0.6) is 0 Å². The lowest BCUT2D eigenvalue weighted by atomic mass is 10.3. The predicted molar refractivity (Wildman–Crippen MR) is 56.1 cm³/mol. The summed E-state index contributed by atoms with van der Waals surface area (Å²) in [5, 5.41) is 19.2. The van der Waals surface area contributed by atoms with Crippen molar-refractivity contribution in [3.05, 3.63) is 29.0 Å². The Morgan fingerprint density at radius 1 is 1.53 bits per heavy atom. The molecule has 1 rings (SSSR count). The number of aromatic nitrogens is 1. The molecule has 0 bridgehead atoms. The van der Waals surface area contributed by atoms with E-state index in [0.717, 1.165) is 0 Å². The van der Waals surface area contributed by atoms with Gasteiger partial charge in [-0.1, -0.05) is 18.5 Å². The zero-order valence-electron chi connectivity index (χ0n) is 8.99. The van der Waals surface area contributed by atoms with Crippen molar-refractivity contribution in [1.82, 2.24) is 17.3 Å². The van der Waals surface area contributed by atoms with Crippen LogP contribution < -0.4 is 22.5 Å². The number of carbonyl (C=O) groups excluding carboxylic acids is 1. The number of hydrogen-bond acceptors (Lipinski definition) is 4. The lowest BCUT2D eigenvalue weighted by molar-refractivity contribution is -0.361. The molecular formula is C8H16ClN3O3. The highest BCUT2D eigenvalue weighted by Crippen LogP contribution is 2.10. The Labute approximate surface area is 93.1 Å². The molecule has 0 aliphatic rings. The third-order valence-electron chi connectivity index (χ3n) is 0.952. The summed E-state index contributed by atoms with van der Waals surface area (Å²) in [6, 6.07) is 2.99. The maximum atomic E-state index is 10.2. The number of hydrogen-bond donors (Lipinski definition) is 2. The first-order chi connectivity index (χ1) is 6.13. The second-order valence-electron chi connectivity index (χ2n) is 1.91. The summed E-state index contributed by atoms with van der Waals surface area (Å²) < 4.78 is 0. The van der Waals surface area contributed by atoms with Crippen molar-refractivity contribution in [3.8, 4) is 0 Å². The van der Waals surface area contributed by atoms with Gasteiger partial charge in [0.05, 0.1) is 11.0 Å². The summed E-state index contributed by atoms with van der Waals surface area (Å²) in [6.07, 6.45) is 1.34. The van der Waals surface area contributed by atoms with Gasteiger partial charge in [-0.3, -0.25) is 4.98 Å². The molecule has 15 heavy (non-hydrogen) atoms. The first kappa shape index (κ1) is 19.4. The van der Waals surface area contributed by atoms with Gasteiger partial charge >= 0.3 is 0 Å². The van der Waals surface area contributed by atoms with E-state index in [1.54, 1.807) is 13.0 Å². The predicted octanol–water partition coefficient (Wildman–Crippen LogP) is 0.218. The van der Waals surface area contributed by atoms with Crippen molar-refractivity contribution in [2.24, 2.45) is 0 Å². The number of nitrogens with zero attached hydrogens (tertiary/aromatic N) is 1. The average Bonchev–Trinajstić information content (AvgIpc) is 2.06. The monoisotopic (exact) mass is 237 g/mol. The molecular weight excluding hydrogens is 222 g/mol. The van der Waals surface area contributed by atoms with Gasteiger partial charge < -0.3 is 27.3 Å². The Kier molecular flexibility index (Phi) is 14.0. The van der Waals surface area contributed by atoms with Crippen LogP contribution in [0.15, 0.2) is 18.3 Å². The highest BCUT2D eigenvalue weighted by molar-refractivity contribution is 6.33. The van der Waals surface area contributed by atoms with Gasteiger partial charge in [0.25, 0.3) is 0 Å². The summed E-state index contributed by atoms with van der Waals surface area (Å²) in [7, 11) is 0. The smallest absolute Gasteiger partial charge is 0.104 e. The quantitative estimate of drug-likeness (QED) is 0.718. The zero-order chi connectivity index (χ0) is 10.3. The summed E-state index contributed by atoms with van der Waals surface area (Å²) in [6.45, 7) is 1.57. The van der Waals surface area contributed by atoms with Crippen LogP contribution in [0.4, 0.5) is 0 Å². The molecule has 0 atom stereocenters. The molecule has 1 aromatic heterocycles. The Morgan fingerprint density at radius 3 is 2.27 bits per heavy atom. The fourth-order valence-electron chi connectivity index (χ4n) is 0.536. The molecule has 0 aliphatic carbocycles. The molecule has 0 spiro atoms. The van der Waals surface area contributed by atoms with Crippen LogP contribution in [0, 0.1) is 0 Å². The molecule has 0 fully saturated rings. The summed E-state index contributed by atoms with van der Waals surface area (Å²) in [5.74, 6) is -1.36. The first-order valence-corrected chi connectivity index (χ1v) is 3.91. The summed E-state index contributed by atoms with van der Waals surface area (Å²) in [4.78, 5) is 13.6. The maximum Gasteiger partial charge on any atom is 0.104 e. The standard InChI is InChI=1S/C6H4ClNO2.C2H5O.2H3N/c7-4-2-1-3-8-5(4)6(9)10;1-2-3;;/h1-3H,(H,9,10);2H2,1H3;2*1H3/q;-1;;/p+1. The maximum absolute atomic E-state index is 10.2. The van der Waals surface area contributed by atoms with Crippen molar-refractivity contribution in [3.63, 3.8) is 0 Å². The van der Waals surface area contributed by atoms with Gasteiger partial charge in [-0.15, -0.1) is 6.61 Å². The minimum atomic E-state index is -1.36. The number of halogens is 1. The highest BCUT2D eigenvalue weighted by Gasteiger charge is 1.98. The van der Waals surface area contributed by atoms with Gasteiger partial charge in [0.1, 0.15) is 5.69 Å². The molecule has 0 unspecified atom stereocenters. The minimum Gasteiger partial charge on any atom is -0.855 e. The fraction of sp³-hybridized carbons (Fsp3) is 0.250. The normalized spacial score (nSPS) is 7.40. The van der Waals surface area contributed by atoms with Gasteiger partial charge in [0.15, 0.2) is 0 Å². The van der Waals surface area contributed by atoms with Crippen molar-refractivity contribution < 1.29 is 15.0 Å². The number of carboxylic acids is 1. The van der Waals surface area contributed by atoms with Gasteiger partial charge in [-0.05, 0) is 12.1 Å². The number of quaternary nitrogens is 2. The third-order valence-corrected chi connectivity index (χ3v) is 1.26. The molecule has 0 aliphatic heterocycles. The molecule has 1 aromatic rings. The Balaban J connectivity index is -0.000000260. The highest BCUT2D eigenvalue weighted by atomic mass is 35.5. The topological polar surface area (TPSA) is 149 Å². The van der Waals surface area contributed by atoms with Crippen molar-refractivity contribution in [1.29, 1.82) is 0 Å². The number of rotatable bonds is 1. The van der Waals surface area contributed by atoms with E-state index < -0.39 is 5.97 Å². The molecule has 7 heteroatoms. The van der Waals surface area contributed by atoms with E-state index in [9.17, 15) is 9.90 Å². The largest absolute Gasteiger partial charge is 0.855 e. The van der Waals surface area contributed by atoms with Crippen LogP contribution in [-0.2, 0) is 0 Å². The van der Waals surface area contributed by atoms with E-state index in [2.05, 4.69) is 4.98 Å². The molecule has 1 heterocycles. The molecule has 0 amide bonds. The Bertz CT molecular complexity index is 284. The second kappa shape index (κ2) is 10.9. The van der Waals surface area contributed by atoms with Crippen LogP contribution in [0.25, 0.3) is 0 Å². The Morgan fingerprint density at radius 2 is 2.00 bits per heavy atom. The molecule has 6 nitrogen and oxygen atoms in total. The number of pyridine rings is 1. The van der Waals surface area contributed by atoms with Crippen molar-refractivity contribution in [2.75, 3.05) is 6.61 Å². The summed E-state index contributed by atoms with van der Waals surface area (Å²) >= 11 is 5.44. The number of aromatic carboxylic acids is 1. The molecule has 0 aromatic carbocycles. The minimum absolute atomic E-state index is 0. The van der Waals surface area contributed by atoms with Crippen LogP contribution in [0.3, 0.4) is 0 Å². The molecule has 0 saturated carbocycles. The van der Waals surface area contributed by atoms with Crippen molar-refractivity contribution >= 4 is 17.6 Å². The van der Waals surface area contributed by atoms with Crippen LogP contribution >= 0.6 is 11.6 Å². The molecule has 88 valence electrons. The lowest BCUT2D eigenvalue weighted by Crippen LogP contribution is -2.23. The zero-order valence-corrected chi connectivity index (χ0v) is 9.75. The van der Waals surface area contributed by atoms with E-state index in [0.29, 0.717) is 0 Å². The van der Waals surface area contributed by atoms with Crippen LogP contribution in [0.2, 0.25) is 5.02 Å². The van der Waals surface area contributed by atoms with Gasteiger partial charge in [-0.2, -0.15) is 0 Å². The first-order valence-electron chi connectivity index (χ1n) is 3.53. The summed E-state index contributed by atoms with van der Waals surface area (Å²) in [5.41, 5.74) is -0.218. The van der Waals surface area contributed by atoms with E-state index >= 15 is 0 Å². The lowest BCUT2D eigenvalue weighted by Gasteiger charge is -2.00. The van der Waals surface area contributed by atoms with Crippen LogP contribution in [0.1, 0.15) is 17.4 Å². The SMILES string of the molecule is CC[O-].O=C([O-])c1ncccc1Cl.[NH4+].[NH4+]. The number of carboxylic acid groups (broad SMARTS) is 1. The van der Waals surface area contributed by atoms with Crippen molar-refractivity contribution in [2.45, 2.75) is 6.92 Å². The fourth-order valence-corrected chi connectivity index (χ4v) is 0.735.